The predicted octanol–water partition coefficient (Wildman–Crippen LogP) is 4.46. The predicted molar refractivity (Wildman–Crippen MR) is 129 cm³/mol. The SMILES string of the molecule is CCCCCCCCN1C(=O)C2=CC3C(=O)c4c(c(O)c5ccccc5c4O)C(=O)C3C=C2C1=O. The van der Waals surface area contributed by atoms with Crippen molar-refractivity contribution >= 4 is 34.2 Å². The summed E-state index contributed by atoms with van der Waals surface area (Å²) in [5.41, 5.74) is -0.198. The molecule has 0 bridgehead atoms. The van der Waals surface area contributed by atoms with Crippen LogP contribution >= 0.6 is 0 Å². The molecule has 0 radical (unpaired) electrons. The van der Waals surface area contributed by atoms with Crippen LogP contribution in [0.3, 0.4) is 0 Å². The van der Waals surface area contributed by atoms with E-state index in [0.29, 0.717) is 13.0 Å². The van der Waals surface area contributed by atoms with Crippen molar-refractivity contribution in [1.29, 1.82) is 0 Å². The van der Waals surface area contributed by atoms with Crippen LogP contribution in [0.2, 0.25) is 0 Å². The van der Waals surface area contributed by atoms with Crippen molar-refractivity contribution in [3.63, 3.8) is 0 Å². The topological polar surface area (TPSA) is 112 Å². The molecular formula is C28H27NO6. The summed E-state index contributed by atoms with van der Waals surface area (Å²) in [4.78, 5) is 54.2. The second-order valence-corrected chi connectivity index (χ2v) is 9.46. The third kappa shape index (κ3) is 3.49. The van der Waals surface area contributed by atoms with Crippen LogP contribution in [-0.2, 0) is 9.59 Å². The van der Waals surface area contributed by atoms with E-state index in [9.17, 15) is 29.4 Å². The van der Waals surface area contributed by atoms with E-state index in [-0.39, 0.29) is 44.5 Å². The molecule has 3 aliphatic rings. The van der Waals surface area contributed by atoms with Crippen molar-refractivity contribution in [2.45, 2.75) is 45.4 Å². The fraction of sp³-hybridized carbons (Fsp3) is 0.357. The van der Waals surface area contributed by atoms with Crippen molar-refractivity contribution in [1.82, 2.24) is 4.90 Å². The molecule has 2 aromatic rings. The minimum absolute atomic E-state index is 0.135. The first-order valence-electron chi connectivity index (χ1n) is 12.2. The van der Waals surface area contributed by atoms with Crippen molar-refractivity contribution < 1.29 is 29.4 Å². The first-order chi connectivity index (χ1) is 16.9. The van der Waals surface area contributed by atoms with Crippen molar-refractivity contribution in [2.24, 2.45) is 11.8 Å². The Balaban J connectivity index is 1.48. The maximum Gasteiger partial charge on any atom is 0.261 e. The maximum atomic E-state index is 13.5. The molecule has 2 aliphatic carbocycles. The van der Waals surface area contributed by atoms with Crippen LogP contribution in [-0.4, -0.2) is 45.0 Å². The number of ketones is 2. The van der Waals surface area contributed by atoms with E-state index >= 15 is 0 Å². The van der Waals surface area contributed by atoms with Gasteiger partial charge in [-0.15, -0.1) is 0 Å². The van der Waals surface area contributed by atoms with Gasteiger partial charge in [-0.1, -0.05) is 75.4 Å². The molecule has 0 saturated carbocycles. The van der Waals surface area contributed by atoms with E-state index in [4.69, 9.17) is 0 Å². The molecule has 2 amide bonds. The molecule has 2 atom stereocenters. The molecule has 1 heterocycles. The Hall–Kier alpha value is -3.74. The Morgan fingerprint density at radius 1 is 0.714 bits per heavy atom. The summed E-state index contributed by atoms with van der Waals surface area (Å²) in [7, 11) is 0. The lowest BCUT2D eigenvalue weighted by molar-refractivity contribution is -0.136. The summed E-state index contributed by atoms with van der Waals surface area (Å²) in [6.07, 6.45) is 8.88. The van der Waals surface area contributed by atoms with Crippen LogP contribution in [0.15, 0.2) is 47.6 Å². The number of rotatable bonds is 7. The van der Waals surface area contributed by atoms with E-state index in [2.05, 4.69) is 6.92 Å². The number of carbonyl (C=O) groups excluding carboxylic acids is 4. The maximum absolute atomic E-state index is 13.5. The average Bonchev–Trinajstić information content (AvgIpc) is 3.10. The number of aromatic hydroxyl groups is 2. The Labute approximate surface area is 202 Å². The smallest absolute Gasteiger partial charge is 0.261 e. The number of allylic oxidation sites excluding steroid dienone is 2. The first kappa shape index (κ1) is 23.0. The van der Waals surface area contributed by atoms with Gasteiger partial charge in [0.1, 0.15) is 11.5 Å². The van der Waals surface area contributed by atoms with Gasteiger partial charge in [0.15, 0.2) is 11.6 Å². The molecule has 1 aliphatic heterocycles. The summed E-state index contributed by atoms with van der Waals surface area (Å²) in [6.45, 7) is 2.43. The third-order valence-electron chi connectivity index (χ3n) is 7.32. The quantitative estimate of drug-likeness (QED) is 0.349. The van der Waals surface area contributed by atoms with Crippen molar-refractivity contribution in [3.8, 4) is 11.5 Å². The highest BCUT2D eigenvalue weighted by atomic mass is 16.3. The van der Waals surface area contributed by atoms with Gasteiger partial charge in [-0.05, 0) is 6.42 Å². The van der Waals surface area contributed by atoms with E-state index in [1.807, 2.05) is 0 Å². The zero-order valence-electron chi connectivity index (χ0n) is 19.5. The number of amides is 2. The number of imide groups is 1. The number of hydrogen-bond acceptors (Lipinski definition) is 6. The van der Waals surface area contributed by atoms with Gasteiger partial charge in [-0.2, -0.15) is 0 Å². The Morgan fingerprint density at radius 3 is 1.66 bits per heavy atom. The zero-order valence-corrected chi connectivity index (χ0v) is 19.5. The standard InChI is InChI=1S/C28H27NO6/c1-2-3-4-5-6-9-12-29-27(34)19-13-17-18(14-20(19)28(29)35)26(33)22-21(25(17)32)23(30)15-10-7-8-11-16(15)24(22)31/h7-8,10-11,13-14,17-18,30-31H,2-6,9,12H2,1H3. The lowest BCUT2D eigenvalue weighted by Crippen LogP contribution is -2.37. The minimum atomic E-state index is -1.02. The fourth-order valence-electron chi connectivity index (χ4n) is 5.45. The molecule has 35 heavy (non-hydrogen) atoms. The number of hydrogen-bond donors (Lipinski definition) is 2. The van der Waals surface area contributed by atoms with Gasteiger partial charge < -0.3 is 10.2 Å². The molecule has 1 fully saturated rings. The highest BCUT2D eigenvalue weighted by molar-refractivity contribution is 6.28. The summed E-state index contributed by atoms with van der Waals surface area (Å²) in [5.74, 6) is -4.79. The van der Waals surface area contributed by atoms with Crippen LogP contribution in [0.1, 0.15) is 66.2 Å². The normalized spacial score (nSPS) is 21.1. The molecular weight excluding hydrogens is 446 g/mol. The summed E-state index contributed by atoms with van der Waals surface area (Å²) >= 11 is 0. The molecule has 1 saturated heterocycles. The second kappa shape index (κ2) is 8.80. The molecule has 2 unspecified atom stereocenters. The van der Waals surface area contributed by atoms with Crippen LogP contribution in [0, 0.1) is 11.8 Å². The van der Waals surface area contributed by atoms with Gasteiger partial charge in [-0.3, -0.25) is 24.1 Å². The highest BCUT2D eigenvalue weighted by Crippen LogP contribution is 2.48. The number of carbonyl (C=O) groups is 4. The zero-order chi connectivity index (χ0) is 24.9. The van der Waals surface area contributed by atoms with Crippen LogP contribution in [0.25, 0.3) is 10.8 Å². The molecule has 7 nitrogen and oxygen atoms in total. The molecule has 180 valence electrons. The van der Waals surface area contributed by atoms with Crippen LogP contribution < -0.4 is 0 Å². The largest absolute Gasteiger partial charge is 0.507 e. The third-order valence-corrected chi connectivity index (χ3v) is 7.32. The first-order valence-corrected chi connectivity index (χ1v) is 12.2. The highest BCUT2D eigenvalue weighted by Gasteiger charge is 2.49. The van der Waals surface area contributed by atoms with Gasteiger partial charge in [-0.25, -0.2) is 0 Å². The number of unbranched alkanes of at least 4 members (excludes halogenated alkanes) is 5. The second-order valence-electron chi connectivity index (χ2n) is 9.46. The van der Waals surface area contributed by atoms with Gasteiger partial charge in [0.2, 0.25) is 0 Å². The molecule has 2 aromatic carbocycles. The van der Waals surface area contributed by atoms with E-state index in [1.54, 1.807) is 24.3 Å². The number of Topliss-reactive ketones (excluding diaryl/α,β-unsaturated/α-hetero) is 2. The minimum Gasteiger partial charge on any atom is -0.507 e. The molecule has 2 N–H and O–H groups in total. The fourth-order valence-corrected chi connectivity index (χ4v) is 5.45. The number of nitrogens with zero attached hydrogens (tertiary/aromatic N) is 1. The van der Waals surface area contributed by atoms with Gasteiger partial charge in [0.05, 0.1) is 23.0 Å². The monoisotopic (exact) mass is 473 g/mol. The number of fused-ring (bicyclic) bond motifs is 4. The van der Waals surface area contributed by atoms with E-state index < -0.39 is 35.2 Å². The number of phenols is 2. The van der Waals surface area contributed by atoms with Crippen molar-refractivity contribution in [2.75, 3.05) is 6.54 Å². The Kier molecular flexibility index (Phi) is 5.79. The lowest BCUT2D eigenvalue weighted by atomic mass is 9.69. The molecule has 0 spiro atoms. The molecule has 5 rings (SSSR count). The van der Waals surface area contributed by atoms with E-state index in [1.165, 1.54) is 17.1 Å². The average molecular weight is 474 g/mol. The van der Waals surface area contributed by atoms with Crippen molar-refractivity contribution in [3.05, 3.63) is 58.7 Å². The Morgan fingerprint density at radius 2 is 1.17 bits per heavy atom. The number of phenolic OH excluding ortho intramolecular Hbond substituents is 2. The van der Waals surface area contributed by atoms with Gasteiger partial charge in [0.25, 0.3) is 11.8 Å². The van der Waals surface area contributed by atoms with Gasteiger partial charge in [0, 0.05) is 28.5 Å². The van der Waals surface area contributed by atoms with Crippen LogP contribution in [0.4, 0.5) is 0 Å². The van der Waals surface area contributed by atoms with E-state index in [0.717, 1.165) is 32.1 Å². The summed E-state index contributed by atoms with van der Waals surface area (Å²) < 4.78 is 0. The number of likely N-dealkylation sites (tertiary alicyclic amines) is 1. The lowest BCUT2D eigenvalue weighted by Gasteiger charge is -2.31. The summed E-state index contributed by atoms with van der Waals surface area (Å²) in [6, 6.07) is 6.44. The van der Waals surface area contributed by atoms with Crippen LogP contribution in [0.5, 0.6) is 11.5 Å². The Bertz CT molecular complexity index is 1260. The molecule has 7 heteroatoms. The number of benzene rings is 2. The molecule has 0 aromatic heterocycles. The summed E-state index contributed by atoms with van der Waals surface area (Å²) in [5, 5.41) is 22.2. The van der Waals surface area contributed by atoms with Gasteiger partial charge >= 0.3 is 0 Å².